The van der Waals surface area contributed by atoms with Crippen molar-refractivity contribution >= 4 is 17.2 Å². The summed E-state index contributed by atoms with van der Waals surface area (Å²) in [4.78, 5) is 16.6. The molecule has 1 amide bonds. The van der Waals surface area contributed by atoms with Crippen LogP contribution in [0.25, 0.3) is 10.4 Å². The van der Waals surface area contributed by atoms with Crippen LogP contribution in [0.15, 0.2) is 30.3 Å². The fourth-order valence-corrected chi connectivity index (χ4v) is 4.13. The molecule has 4 rings (SSSR count). The third-order valence-corrected chi connectivity index (χ3v) is 5.26. The molecule has 2 aliphatic rings. The number of ether oxygens (including phenoxy) is 2. The quantitative estimate of drug-likeness (QED) is 0.811. The second kappa shape index (κ2) is 5.41. The zero-order valence-electron chi connectivity index (χ0n) is 12.4. The van der Waals surface area contributed by atoms with Gasteiger partial charge < -0.3 is 14.4 Å². The van der Waals surface area contributed by atoms with E-state index in [9.17, 15) is 4.79 Å². The largest absolute Gasteiger partial charge is 0.488 e. The lowest BCUT2D eigenvalue weighted by Crippen LogP contribution is -2.44. The average Bonchev–Trinajstić information content (AvgIpc) is 2.99. The summed E-state index contributed by atoms with van der Waals surface area (Å²) in [5.74, 6) is 1.00. The Hall–Kier alpha value is -1.85. The number of carbonyl (C=O) groups excluding carboxylic acids is 1. The Morgan fingerprint density at radius 2 is 2.23 bits per heavy atom. The molecule has 2 aliphatic heterocycles. The Morgan fingerprint density at radius 1 is 1.36 bits per heavy atom. The number of fused-ring (bicyclic) bond motifs is 3. The fraction of sp³-hybridized carbons (Fsp3) is 0.353. The molecule has 1 saturated heterocycles. The first-order valence-corrected chi connectivity index (χ1v) is 8.30. The van der Waals surface area contributed by atoms with Crippen molar-refractivity contribution in [2.75, 3.05) is 19.7 Å². The number of rotatable bonds is 1. The van der Waals surface area contributed by atoms with E-state index < -0.39 is 0 Å². The molecule has 2 aromatic rings. The van der Waals surface area contributed by atoms with Gasteiger partial charge in [-0.25, -0.2) is 0 Å². The molecule has 3 heterocycles. The molecular weight excluding hydrogens is 298 g/mol. The molecule has 0 radical (unpaired) electrons. The second-order valence-corrected chi connectivity index (χ2v) is 6.73. The van der Waals surface area contributed by atoms with Crippen molar-refractivity contribution in [3.8, 4) is 16.2 Å². The topological polar surface area (TPSA) is 38.8 Å². The Labute approximate surface area is 133 Å². The smallest absolute Gasteiger partial charge is 0.264 e. The molecule has 0 aliphatic carbocycles. The van der Waals surface area contributed by atoms with Crippen molar-refractivity contribution in [2.45, 2.75) is 19.6 Å². The van der Waals surface area contributed by atoms with E-state index >= 15 is 0 Å². The highest BCUT2D eigenvalue weighted by molar-refractivity contribution is 7.17. The molecule has 1 fully saturated rings. The number of amides is 1. The van der Waals surface area contributed by atoms with Crippen molar-refractivity contribution in [3.05, 3.63) is 40.8 Å². The Balaban J connectivity index is 1.66. The van der Waals surface area contributed by atoms with Gasteiger partial charge >= 0.3 is 0 Å². The zero-order valence-corrected chi connectivity index (χ0v) is 13.2. The predicted octanol–water partition coefficient (Wildman–Crippen LogP) is 3.17. The van der Waals surface area contributed by atoms with Gasteiger partial charge in [-0.2, -0.15) is 0 Å². The summed E-state index contributed by atoms with van der Waals surface area (Å²) in [6.07, 6.45) is 0.108. The lowest BCUT2D eigenvalue weighted by Gasteiger charge is -2.30. The first-order chi connectivity index (χ1) is 10.7. The maximum Gasteiger partial charge on any atom is 0.264 e. The van der Waals surface area contributed by atoms with Gasteiger partial charge in [0.15, 0.2) is 0 Å². The number of carbonyl (C=O) groups is 1. The summed E-state index contributed by atoms with van der Waals surface area (Å²) in [6, 6.07) is 9.98. The number of nitrogens with zero attached hydrogens (tertiary/aromatic N) is 1. The summed E-state index contributed by atoms with van der Waals surface area (Å²) in [5.41, 5.74) is 2.19. The van der Waals surface area contributed by atoms with Crippen LogP contribution < -0.4 is 4.74 Å². The van der Waals surface area contributed by atoms with Crippen LogP contribution in [-0.2, 0) is 11.3 Å². The summed E-state index contributed by atoms with van der Waals surface area (Å²) >= 11 is 1.57. The summed E-state index contributed by atoms with van der Waals surface area (Å²) < 4.78 is 11.3. The third kappa shape index (κ3) is 2.30. The number of hydrogen-bond donors (Lipinski definition) is 0. The van der Waals surface area contributed by atoms with Crippen LogP contribution in [0.2, 0.25) is 0 Å². The standard InChI is InChI=1S/C17H17NO3S/c1-11-9-18(6-7-20-11)17(19)15-8-12-10-21-14-5-3-2-4-13(14)16(12)22-15/h2-5,8,11H,6-7,9-10H2,1H3. The highest BCUT2D eigenvalue weighted by Gasteiger charge is 2.27. The number of thiophene rings is 1. The Morgan fingerprint density at radius 3 is 3.09 bits per heavy atom. The van der Waals surface area contributed by atoms with E-state index in [4.69, 9.17) is 9.47 Å². The van der Waals surface area contributed by atoms with Crippen LogP contribution in [0.3, 0.4) is 0 Å². The molecular formula is C17H17NO3S. The van der Waals surface area contributed by atoms with Crippen molar-refractivity contribution in [1.29, 1.82) is 0 Å². The van der Waals surface area contributed by atoms with Crippen LogP contribution >= 0.6 is 11.3 Å². The molecule has 22 heavy (non-hydrogen) atoms. The lowest BCUT2D eigenvalue weighted by molar-refractivity contribution is -0.0122. The van der Waals surface area contributed by atoms with Gasteiger partial charge in [-0.15, -0.1) is 11.3 Å². The van der Waals surface area contributed by atoms with Gasteiger partial charge in [0.2, 0.25) is 0 Å². The molecule has 1 aromatic heterocycles. The minimum Gasteiger partial charge on any atom is -0.488 e. The van der Waals surface area contributed by atoms with Crippen LogP contribution in [0.4, 0.5) is 0 Å². The lowest BCUT2D eigenvalue weighted by atomic mass is 10.1. The summed E-state index contributed by atoms with van der Waals surface area (Å²) in [6.45, 7) is 4.48. The number of para-hydroxylation sites is 1. The van der Waals surface area contributed by atoms with E-state index in [1.807, 2.05) is 36.1 Å². The highest BCUT2D eigenvalue weighted by Crippen LogP contribution is 2.42. The minimum atomic E-state index is 0.104. The molecule has 0 N–H and O–H groups in total. The maximum absolute atomic E-state index is 12.7. The van der Waals surface area contributed by atoms with Crippen molar-refractivity contribution in [2.24, 2.45) is 0 Å². The van der Waals surface area contributed by atoms with Crippen LogP contribution in [0.1, 0.15) is 22.2 Å². The summed E-state index contributed by atoms with van der Waals surface area (Å²) in [5, 5.41) is 0. The molecule has 1 aromatic carbocycles. The van der Waals surface area contributed by atoms with Gasteiger partial charge in [0, 0.05) is 29.1 Å². The van der Waals surface area contributed by atoms with Crippen molar-refractivity contribution in [1.82, 2.24) is 4.90 Å². The van der Waals surface area contributed by atoms with Crippen LogP contribution in [0, 0.1) is 0 Å². The van der Waals surface area contributed by atoms with E-state index in [-0.39, 0.29) is 12.0 Å². The van der Waals surface area contributed by atoms with Gasteiger partial charge in [0.05, 0.1) is 17.6 Å². The highest BCUT2D eigenvalue weighted by atomic mass is 32.1. The van der Waals surface area contributed by atoms with Crippen molar-refractivity contribution < 1.29 is 14.3 Å². The van der Waals surface area contributed by atoms with E-state index in [0.29, 0.717) is 26.3 Å². The zero-order chi connectivity index (χ0) is 15.1. The van der Waals surface area contributed by atoms with Crippen molar-refractivity contribution in [3.63, 3.8) is 0 Å². The van der Waals surface area contributed by atoms with Gasteiger partial charge in [-0.3, -0.25) is 4.79 Å². The molecule has 5 heteroatoms. The van der Waals surface area contributed by atoms with E-state index in [1.165, 1.54) is 0 Å². The SMILES string of the molecule is CC1CN(C(=O)c2cc3c(s2)-c2ccccc2OC3)CCO1. The number of hydrogen-bond acceptors (Lipinski definition) is 4. The van der Waals surface area contributed by atoms with Gasteiger partial charge in [0.25, 0.3) is 5.91 Å². The number of benzene rings is 1. The Bertz CT molecular complexity index is 724. The second-order valence-electron chi connectivity index (χ2n) is 5.68. The summed E-state index contributed by atoms with van der Waals surface area (Å²) in [7, 11) is 0. The first kappa shape index (κ1) is 13.8. The molecule has 1 atom stereocenters. The molecule has 114 valence electrons. The predicted molar refractivity (Wildman–Crippen MR) is 85.4 cm³/mol. The van der Waals surface area contributed by atoms with E-state index in [1.54, 1.807) is 11.3 Å². The minimum absolute atomic E-state index is 0.104. The number of morpholine rings is 1. The normalized spacial score (nSPS) is 20.0. The third-order valence-electron chi connectivity index (χ3n) is 4.06. The van der Waals surface area contributed by atoms with Crippen LogP contribution in [-0.4, -0.2) is 36.6 Å². The van der Waals surface area contributed by atoms with E-state index in [2.05, 4.69) is 6.07 Å². The average molecular weight is 315 g/mol. The molecule has 1 unspecified atom stereocenters. The van der Waals surface area contributed by atoms with Gasteiger partial charge in [-0.1, -0.05) is 12.1 Å². The molecule has 0 bridgehead atoms. The monoisotopic (exact) mass is 315 g/mol. The molecule has 0 spiro atoms. The molecule has 4 nitrogen and oxygen atoms in total. The van der Waals surface area contributed by atoms with E-state index in [0.717, 1.165) is 26.6 Å². The van der Waals surface area contributed by atoms with Gasteiger partial charge in [-0.05, 0) is 25.1 Å². The first-order valence-electron chi connectivity index (χ1n) is 7.48. The molecule has 0 saturated carbocycles. The maximum atomic E-state index is 12.7. The van der Waals surface area contributed by atoms with Gasteiger partial charge in [0.1, 0.15) is 12.4 Å². The fourth-order valence-electron chi connectivity index (χ4n) is 2.96. The Kier molecular flexibility index (Phi) is 3.39. The van der Waals surface area contributed by atoms with Crippen LogP contribution in [0.5, 0.6) is 5.75 Å².